The third-order valence-electron chi connectivity index (χ3n) is 4.90. The van der Waals surface area contributed by atoms with E-state index in [1.807, 2.05) is 4.90 Å². The Labute approximate surface area is 172 Å². The maximum Gasteiger partial charge on any atom is 0.293 e. The summed E-state index contributed by atoms with van der Waals surface area (Å²) in [5.74, 6) is 0.0155. The van der Waals surface area contributed by atoms with Crippen LogP contribution < -0.4 is 10.2 Å². The number of nitro groups is 1. The van der Waals surface area contributed by atoms with Crippen LogP contribution in [-0.4, -0.2) is 39.0 Å². The Morgan fingerprint density at radius 2 is 1.83 bits per heavy atom. The van der Waals surface area contributed by atoms with Crippen LogP contribution in [0.1, 0.15) is 23.2 Å². The van der Waals surface area contributed by atoms with Crippen molar-refractivity contribution < 1.29 is 14.8 Å². The number of phenols is 1. The van der Waals surface area contributed by atoms with Crippen LogP contribution in [0, 0.1) is 10.1 Å². The first-order valence-electron chi connectivity index (χ1n) is 9.47. The van der Waals surface area contributed by atoms with Crippen molar-refractivity contribution in [1.29, 1.82) is 0 Å². The van der Waals surface area contributed by atoms with E-state index in [1.165, 1.54) is 24.5 Å². The second kappa shape index (κ2) is 8.16. The Morgan fingerprint density at radius 3 is 2.50 bits per heavy atom. The van der Waals surface area contributed by atoms with E-state index >= 15 is 0 Å². The summed E-state index contributed by atoms with van der Waals surface area (Å²) in [6.45, 7) is 1.55. The highest BCUT2D eigenvalue weighted by Gasteiger charge is 2.24. The molecule has 0 saturated carbocycles. The summed E-state index contributed by atoms with van der Waals surface area (Å²) in [6.07, 6.45) is 4.88. The summed E-state index contributed by atoms with van der Waals surface area (Å²) in [6, 6.07) is 11.0. The van der Waals surface area contributed by atoms with Crippen LogP contribution in [-0.2, 0) is 0 Å². The number of rotatable bonds is 5. The molecule has 4 rings (SSSR count). The Bertz CT molecular complexity index is 1090. The molecule has 2 N–H and O–H groups in total. The van der Waals surface area contributed by atoms with Crippen molar-refractivity contribution >= 4 is 23.0 Å². The normalized spacial score (nSPS) is 13.3. The fourth-order valence-corrected chi connectivity index (χ4v) is 3.43. The summed E-state index contributed by atoms with van der Waals surface area (Å²) in [5, 5.41) is 23.7. The second-order valence-corrected chi connectivity index (χ2v) is 6.95. The summed E-state index contributed by atoms with van der Waals surface area (Å²) >= 11 is 0. The molecule has 1 fully saturated rings. The minimum Gasteiger partial charge on any atom is -0.508 e. The van der Waals surface area contributed by atoms with Crippen molar-refractivity contribution in [2.24, 2.45) is 0 Å². The van der Waals surface area contributed by atoms with E-state index in [1.54, 1.807) is 30.3 Å². The zero-order valence-corrected chi connectivity index (χ0v) is 16.0. The maximum atomic E-state index is 12.6. The molecule has 1 aliphatic rings. The van der Waals surface area contributed by atoms with Crippen LogP contribution in [0.5, 0.6) is 5.75 Å². The predicted molar refractivity (Wildman–Crippen MR) is 112 cm³/mol. The molecule has 9 heteroatoms. The van der Waals surface area contributed by atoms with Crippen LogP contribution in [0.4, 0.5) is 17.1 Å². The number of hydrogen-bond acceptors (Lipinski definition) is 7. The fraction of sp³-hybridized carbons (Fsp3) is 0.190. The van der Waals surface area contributed by atoms with Gasteiger partial charge in [0.05, 0.1) is 23.0 Å². The lowest BCUT2D eigenvalue weighted by Crippen LogP contribution is -2.20. The van der Waals surface area contributed by atoms with Crippen molar-refractivity contribution in [3.05, 3.63) is 70.5 Å². The molecule has 0 radical (unpaired) electrons. The van der Waals surface area contributed by atoms with Gasteiger partial charge < -0.3 is 15.3 Å². The van der Waals surface area contributed by atoms with Gasteiger partial charge in [0.2, 0.25) is 0 Å². The SMILES string of the molecule is O=C(Nc1cnc(-c2cccc(O)c2)nc1)c1ccc(N2CCCC2)c([N+](=O)[O-])c1. The van der Waals surface area contributed by atoms with E-state index in [4.69, 9.17) is 0 Å². The molecule has 0 unspecified atom stereocenters. The average Bonchev–Trinajstić information content (AvgIpc) is 3.28. The lowest BCUT2D eigenvalue weighted by atomic mass is 10.1. The summed E-state index contributed by atoms with van der Waals surface area (Å²) < 4.78 is 0. The van der Waals surface area contributed by atoms with E-state index in [0.29, 0.717) is 22.8 Å². The van der Waals surface area contributed by atoms with Gasteiger partial charge in [0.25, 0.3) is 11.6 Å². The summed E-state index contributed by atoms with van der Waals surface area (Å²) in [7, 11) is 0. The van der Waals surface area contributed by atoms with Crippen LogP contribution in [0.15, 0.2) is 54.9 Å². The lowest BCUT2D eigenvalue weighted by Gasteiger charge is -2.17. The molecule has 1 saturated heterocycles. The number of hydrogen-bond donors (Lipinski definition) is 2. The standard InChI is InChI=1S/C21H19N5O4/c27-17-5-3-4-14(10-17)20-22-12-16(13-23-20)24-21(28)15-6-7-18(19(11-15)26(29)30)25-8-1-2-9-25/h3-7,10-13,27H,1-2,8-9H2,(H,24,28). The van der Waals surface area contributed by atoms with Gasteiger partial charge in [-0.3, -0.25) is 14.9 Å². The molecular weight excluding hydrogens is 386 g/mol. The highest BCUT2D eigenvalue weighted by molar-refractivity contribution is 6.05. The van der Waals surface area contributed by atoms with Crippen LogP contribution in [0.2, 0.25) is 0 Å². The number of phenolic OH excluding ortho intramolecular Hbond substituents is 1. The van der Waals surface area contributed by atoms with Gasteiger partial charge in [0.15, 0.2) is 5.82 Å². The molecule has 152 valence electrons. The topological polar surface area (TPSA) is 121 Å². The Balaban J connectivity index is 1.52. The number of nitrogens with one attached hydrogen (secondary N) is 1. The van der Waals surface area contributed by atoms with Gasteiger partial charge in [-0.05, 0) is 37.1 Å². The van der Waals surface area contributed by atoms with E-state index < -0.39 is 10.8 Å². The summed E-state index contributed by atoms with van der Waals surface area (Å²) in [5.41, 5.74) is 1.63. The molecule has 3 aromatic rings. The molecule has 1 amide bonds. The van der Waals surface area contributed by atoms with Gasteiger partial charge in [-0.1, -0.05) is 12.1 Å². The molecule has 0 bridgehead atoms. The number of anilines is 2. The van der Waals surface area contributed by atoms with Crippen LogP contribution >= 0.6 is 0 Å². The third kappa shape index (κ3) is 4.04. The van der Waals surface area contributed by atoms with Crippen molar-refractivity contribution in [2.45, 2.75) is 12.8 Å². The van der Waals surface area contributed by atoms with E-state index in [0.717, 1.165) is 25.9 Å². The minimum atomic E-state index is -0.486. The molecule has 1 aromatic heterocycles. The van der Waals surface area contributed by atoms with E-state index in [9.17, 15) is 20.0 Å². The van der Waals surface area contributed by atoms with Gasteiger partial charge in [-0.15, -0.1) is 0 Å². The quantitative estimate of drug-likeness (QED) is 0.491. The Kier molecular flexibility index (Phi) is 5.25. The molecule has 0 atom stereocenters. The molecule has 1 aliphatic heterocycles. The molecule has 2 heterocycles. The lowest BCUT2D eigenvalue weighted by molar-refractivity contribution is -0.384. The molecule has 2 aromatic carbocycles. The molecule has 9 nitrogen and oxygen atoms in total. The first kappa shape index (κ1) is 19.3. The van der Waals surface area contributed by atoms with Crippen molar-refractivity contribution in [2.75, 3.05) is 23.3 Å². The number of aromatic nitrogens is 2. The van der Waals surface area contributed by atoms with Crippen molar-refractivity contribution in [1.82, 2.24) is 9.97 Å². The zero-order valence-electron chi connectivity index (χ0n) is 16.0. The molecule has 30 heavy (non-hydrogen) atoms. The largest absolute Gasteiger partial charge is 0.508 e. The molecule has 0 aliphatic carbocycles. The minimum absolute atomic E-state index is 0.0833. The van der Waals surface area contributed by atoms with Gasteiger partial charge in [0.1, 0.15) is 11.4 Å². The van der Waals surface area contributed by atoms with Gasteiger partial charge in [-0.2, -0.15) is 0 Å². The summed E-state index contributed by atoms with van der Waals surface area (Å²) in [4.78, 5) is 34.0. The van der Waals surface area contributed by atoms with Gasteiger partial charge in [0, 0.05) is 30.3 Å². The van der Waals surface area contributed by atoms with E-state index in [-0.39, 0.29) is 17.0 Å². The molecular formula is C21H19N5O4. The second-order valence-electron chi connectivity index (χ2n) is 6.95. The Hall–Kier alpha value is -4.01. The number of nitrogens with zero attached hydrogens (tertiary/aromatic N) is 4. The van der Waals surface area contributed by atoms with Crippen molar-refractivity contribution in [3.8, 4) is 17.1 Å². The highest BCUT2D eigenvalue weighted by Crippen LogP contribution is 2.32. The van der Waals surface area contributed by atoms with Crippen LogP contribution in [0.25, 0.3) is 11.4 Å². The smallest absolute Gasteiger partial charge is 0.293 e. The predicted octanol–water partition coefficient (Wildman–Crippen LogP) is 3.61. The first-order valence-corrected chi connectivity index (χ1v) is 9.47. The number of benzene rings is 2. The van der Waals surface area contributed by atoms with Crippen LogP contribution in [0.3, 0.4) is 0 Å². The number of aromatic hydroxyl groups is 1. The number of carbonyl (C=O) groups is 1. The maximum absolute atomic E-state index is 12.6. The number of amides is 1. The number of nitro benzene ring substituents is 1. The van der Waals surface area contributed by atoms with Gasteiger partial charge >= 0.3 is 0 Å². The third-order valence-corrected chi connectivity index (χ3v) is 4.90. The first-order chi connectivity index (χ1) is 14.5. The van der Waals surface area contributed by atoms with Crippen molar-refractivity contribution in [3.63, 3.8) is 0 Å². The average molecular weight is 405 g/mol. The highest BCUT2D eigenvalue weighted by atomic mass is 16.6. The van der Waals surface area contributed by atoms with Gasteiger partial charge in [-0.25, -0.2) is 9.97 Å². The monoisotopic (exact) mass is 405 g/mol. The zero-order chi connectivity index (χ0) is 21.1. The number of carbonyl (C=O) groups excluding carboxylic acids is 1. The van der Waals surface area contributed by atoms with E-state index in [2.05, 4.69) is 15.3 Å². The molecule has 0 spiro atoms. The fourth-order valence-electron chi connectivity index (χ4n) is 3.43. The Morgan fingerprint density at radius 1 is 1.10 bits per heavy atom.